The van der Waals surface area contributed by atoms with E-state index in [2.05, 4.69) is 0 Å². The van der Waals surface area contributed by atoms with E-state index in [9.17, 15) is 18.0 Å². The molecule has 0 rings (SSSR count). The summed E-state index contributed by atoms with van der Waals surface area (Å²) < 4.78 is 36.9. The average Bonchev–Trinajstić information content (AvgIpc) is 2.07. The molecule has 0 bridgehead atoms. The number of halogens is 3. The van der Waals surface area contributed by atoms with Crippen molar-refractivity contribution in [3.05, 3.63) is 0 Å². The van der Waals surface area contributed by atoms with Crippen LogP contribution in [0.2, 0.25) is 0 Å². The molecule has 2 nitrogen and oxygen atoms in total. The van der Waals surface area contributed by atoms with Crippen LogP contribution in [-0.4, -0.2) is 30.1 Å². The van der Waals surface area contributed by atoms with Gasteiger partial charge >= 0.3 is 6.18 Å². The van der Waals surface area contributed by atoms with Gasteiger partial charge in [0.1, 0.15) is 6.54 Å². The number of amides is 1. The van der Waals surface area contributed by atoms with E-state index in [1.54, 1.807) is 20.8 Å². The van der Waals surface area contributed by atoms with Crippen LogP contribution >= 0.6 is 0 Å². The fourth-order valence-corrected chi connectivity index (χ4v) is 1.29. The largest absolute Gasteiger partial charge is 0.406 e. The van der Waals surface area contributed by atoms with Crippen LogP contribution < -0.4 is 0 Å². The second kappa shape index (κ2) is 5.55. The molecule has 0 unspecified atom stereocenters. The summed E-state index contributed by atoms with van der Waals surface area (Å²) in [6.45, 7) is 5.79. The Balaban J connectivity index is 4.61. The lowest BCUT2D eigenvalue weighted by molar-refractivity contribution is -0.166. The smallest absolute Gasteiger partial charge is 0.333 e. The molecule has 1 amide bonds. The van der Waals surface area contributed by atoms with Crippen molar-refractivity contribution in [1.82, 2.24) is 4.90 Å². The first-order valence-corrected chi connectivity index (χ1v) is 5.44. The first-order chi connectivity index (χ1) is 7.08. The van der Waals surface area contributed by atoms with Crippen molar-refractivity contribution < 1.29 is 18.0 Å². The fraction of sp³-hybridized carbons (Fsp3) is 0.909. The summed E-state index contributed by atoms with van der Waals surface area (Å²) in [5.74, 6) is -0.446. The molecule has 96 valence electrons. The van der Waals surface area contributed by atoms with Crippen LogP contribution in [0.4, 0.5) is 13.2 Å². The maximum atomic E-state index is 12.3. The number of hydrogen-bond donors (Lipinski definition) is 0. The van der Waals surface area contributed by atoms with Crippen molar-refractivity contribution in [2.24, 2.45) is 5.41 Å². The Morgan fingerprint density at radius 2 is 1.69 bits per heavy atom. The normalized spacial score (nSPS) is 12.7. The quantitative estimate of drug-likeness (QED) is 0.737. The highest BCUT2D eigenvalue weighted by Gasteiger charge is 2.36. The van der Waals surface area contributed by atoms with Gasteiger partial charge in [-0.05, 0) is 6.42 Å². The molecular formula is C11H20F3NO. The molecule has 0 aromatic carbocycles. The molecule has 0 heterocycles. The van der Waals surface area contributed by atoms with E-state index in [1.165, 1.54) is 0 Å². The lowest BCUT2D eigenvalue weighted by Crippen LogP contribution is -2.44. The van der Waals surface area contributed by atoms with Gasteiger partial charge in [-0.25, -0.2) is 0 Å². The van der Waals surface area contributed by atoms with E-state index in [-0.39, 0.29) is 6.54 Å². The minimum atomic E-state index is -4.32. The zero-order valence-corrected chi connectivity index (χ0v) is 10.3. The molecule has 0 aliphatic rings. The number of rotatable bonds is 4. The molecule has 0 saturated carbocycles. The second-order valence-corrected chi connectivity index (χ2v) is 4.95. The number of carbonyl (C=O) groups excluding carboxylic acids is 1. The van der Waals surface area contributed by atoms with Crippen molar-refractivity contribution in [3.63, 3.8) is 0 Å². The highest BCUT2D eigenvalue weighted by molar-refractivity contribution is 5.81. The Morgan fingerprint density at radius 3 is 2.00 bits per heavy atom. The van der Waals surface area contributed by atoms with E-state index in [0.717, 1.165) is 11.3 Å². The van der Waals surface area contributed by atoms with Crippen molar-refractivity contribution in [3.8, 4) is 0 Å². The van der Waals surface area contributed by atoms with Crippen LogP contribution in [0.5, 0.6) is 0 Å². The molecule has 5 heteroatoms. The Kier molecular flexibility index (Phi) is 5.29. The van der Waals surface area contributed by atoms with Gasteiger partial charge in [0.25, 0.3) is 0 Å². The third-order valence-corrected chi connectivity index (χ3v) is 2.08. The summed E-state index contributed by atoms with van der Waals surface area (Å²) in [5, 5.41) is 0. The van der Waals surface area contributed by atoms with Crippen LogP contribution in [-0.2, 0) is 4.79 Å². The maximum absolute atomic E-state index is 12.3. The van der Waals surface area contributed by atoms with E-state index in [0.29, 0.717) is 6.42 Å². The Bertz CT molecular complexity index is 230. The Morgan fingerprint density at radius 1 is 1.19 bits per heavy atom. The van der Waals surface area contributed by atoms with Crippen molar-refractivity contribution >= 4 is 5.91 Å². The first kappa shape index (κ1) is 15.3. The predicted octanol–water partition coefficient (Wildman–Crippen LogP) is 3.22. The highest BCUT2D eigenvalue weighted by Crippen LogP contribution is 2.22. The SMILES string of the molecule is CCCCN(CC(F)(F)F)C(=O)C(C)(C)C. The highest BCUT2D eigenvalue weighted by atomic mass is 19.4. The molecule has 0 aliphatic heterocycles. The monoisotopic (exact) mass is 239 g/mol. The van der Waals surface area contributed by atoms with Crippen LogP contribution in [0.1, 0.15) is 40.5 Å². The summed E-state index contributed by atoms with van der Waals surface area (Å²) in [5.41, 5.74) is -0.765. The minimum Gasteiger partial charge on any atom is -0.333 e. The molecule has 0 aliphatic carbocycles. The standard InChI is InChI=1S/C11H20F3NO/c1-5-6-7-15(8-11(12,13)14)9(16)10(2,3)4/h5-8H2,1-4H3. The summed E-state index contributed by atoms with van der Waals surface area (Å²) in [6.07, 6.45) is -2.96. The van der Waals surface area contributed by atoms with Gasteiger partial charge in [0.15, 0.2) is 0 Å². The number of nitrogens with zero attached hydrogens (tertiary/aromatic N) is 1. The zero-order valence-electron chi connectivity index (χ0n) is 10.3. The summed E-state index contributed by atoms with van der Waals surface area (Å²) in [4.78, 5) is 12.7. The lowest BCUT2D eigenvalue weighted by atomic mass is 9.94. The zero-order chi connectivity index (χ0) is 13.0. The second-order valence-electron chi connectivity index (χ2n) is 4.95. The molecule has 0 fully saturated rings. The average molecular weight is 239 g/mol. The summed E-state index contributed by atoms with van der Waals surface area (Å²) in [6, 6.07) is 0. The Hall–Kier alpha value is -0.740. The van der Waals surface area contributed by atoms with Gasteiger partial charge in [-0.3, -0.25) is 4.79 Å². The van der Waals surface area contributed by atoms with E-state index in [4.69, 9.17) is 0 Å². The lowest BCUT2D eigenvalue weighted by Gasteiger charge is -2.30. The molecule has 16 heavy (non-hydrogen) atoms. The van der Waals surface area contributed by atoms with Crippen molar-refractivity contribution in [1.29, 1.82) is 0 Å². The molecule has 0 spiro atoms. The molecule has 0 aromatic rings. The van der Waals surface area contributed by atoms with Gasteiger partial charge in [-0.1, -0.05) is 34.1 Å². The van der Waals surface area contributed by atoms with E-state index < -0.39 is 24.0 Å². The molecule has 0 N–H and O–H groups in total. The molecule has 0 aromatic heterocycles. The number of carbonyl (C=O) groups is 1. The molecule has 0 atom stereocenters. The van der Waals surface area contributed by atoms with E-state index >= 15 is 0 Å². The number of unbranched alkanes of at least 4 members (excludes halogenated alkanes) is 1. The van der Waals surface area contributed by atoms with Crippen LogP contribution in [0.25, 0.3) is 0 Å². The predicted molar refractivity (Wildman–Crippen MR) is 57.0 cm³/mol. The van der Waals surface area contributed by atoms with Gasteiger partial charge in [0.2, 0.25) is 5.91 Å². The third-order valence-electron chi connectivity index (χ3n) is 2.08. The van der Waals surface area contributed by atoms with E-state index in [1.807, 2.05) is 6.92 Å². The first-order valence-electron chi connectivity index (χ1n) is 5.44. The number of alkyl halides is 3. The molecule has 0 saturated heterocycles. The Labute approximate surface area is 94.8 Å². The summed E-state index contributed by atoms with van der Waals surface area (Å²) in [7, 11) is 0. The maximum Gasteiger partial charge on any atom is 0.406 e. The summed E-state index contributed by atoms with van der Waals surface area (Å²) >= 11 is 0. The fourth-order valence-electron chi connectivity index (χ4n) is 1.29. The topological polar surface area (TPSA) is 20.3 Å². The third kappa shape index (κ3) is 5.98. The molecular weight excluding hydrogens is 219 g/mol. The van der Waals surface area contributed by atoms with Gasteiger partial charge in [0.05, 0.1) is 0 Å². The van der Waals surface area contributed by atoms with Crippen LogP contribution in [0.15, 0.2) is 0 Å². The van der Waals surface area contributed by atoms with Crippen LogP contribution in [0, 0.1) is 5.41 Å². The molecule has 0 radical (unpaired) electrons. The minimum absolute atomic E-state index is 0.173. The van der Waals surface area contributed by atoms with Gasteiger partial charge in [-0.15, -0.1) is 0 Å². The van der Waals surface area contributed by atoms with Crippen molar-refractivity contribution in [2.45, 2.75) is 46.7 Å². The number of hydrogen-bond acceptors (Lipinski definition) is 1. The van der Waals surface area contributed by atoms with Crippen molar-refractivity contribution in [2.75, 3.05) is 13.1 Å². The van der Waals surface area contributed by atoms with Gasteiger partial charge in [0, 0.05) is 12.0 Å². The van der Waals surface area contributed by atoms with Gasteiger partial charge < -0.3 is 4.90 Å². The van der Waals surface area contributed by atoms with Crippen LogP contribution in [0.3, 0.4) is 0 Å². The van der Waals surface area contributed by atoms with Gasteiger partial charge in [-0.2, -0.15) is 13.2 Å².